The van der Waals surface area contributed by atoms with Crippen molar-refractivity contribution in [1.29, 1.82) is 0 Å². The van der Waals surface area contributed by atoms with Gasteiger partial charge in [0.05, 0.1) is 60.1 Å². The molecule has 12 rings (SSSR count). The maximum absolute atomic E-state index is 14.3. The van der Waals surface area contributed by atoms with E-state index >= 15 is 0 Å². The van der Waals surface area contributed by atoms with E-state index in [1.165, 1.54) is 56.4 Å². The summed E-state index contributed by atoms with van der Waals surface area (Å²) in [5.41, 5.74) is -3.54. The van der Waals surface area contributed by atoms with E-state index in [2.05, 4.69) is 142 Å². The number of carbonyl (C=O) groups excluding carboxylic acids is 7. The van der Waals surface area contributed by atoms with Gasteiger partial charge in [-0.25, -0.2) is 28.4 Å². The van der Waals surface area contributed by atoms with Gasteiger partial charge in [-0.05, 0) is 162 Å². The van der Waals surface area contributed by atoms with E-state index in [0.717, 1.165) is 76.7 Å². The minimum absolute atomic E-state index is 0.228. The molecule has 5 amide bonds. The number of aliphatic hydroxyl groups excluding tert-OH is 8. The quantitative estimate of drug-likeness (QED) is 0.0139. The number of amides is 5. The number of nitrogens with one attached hydrogen (secondary N) is 7. The zero-order chi connectivity index (χ0) is 107. The van der Waals surface area contributed by atoms with Crippen LogP contribution in [0.3, 0.4) is 0 Å². The first-order chi connectivity index (χ1) is 65.6. The number of carbonyl (C=O) groups is 7. The summed E-state index contributed by atoms with van der Waals surface area (Å²) in [5, 5.41) is 94.4. The zero-order valence-electron chi connectivity index (χ0n) is 83.5. The Morgan fingerprint density at radius 2 is 0.831 bits per heavy atom. The van der Waals surface area contributed by atoms with Crippen molar-refractivity contribution in [3.05, 3.63) is 171 Å². The van der Waals surface area contributed by atoms with Crippen LogP contribution in [-0.2, 0) is 64.1 Å². The van der Waals surface area contributed by atoms with Gasteiger partial charge in [0.15, 0.2) is 43.5 Å². The van der Waals surface area contributed by atoms with Gasteiger partial charge >= 0.3 is 35.1 Å². The summed E-state index contributed by atoms with van der Waals surface area (Å²) in [6, 6.07) is 0.536. The fourth-order valence-electron chi connectivity index (χ4n) is 15.8. The van der Waals surface area contributed by atoms with Crippen LogP contribution in [0.25, 0.3) is 0 Å². The van der Waals surface area contributed by atoms with E-state index < -0.39 is 252 Å². The van der Waals surface area contributed by atoms with E-state index in [-0.39, 0.29) is 35.3 Å². The Morgan fingerprint density at radius 1 is 0.472 bits per heavy atom. The van der Waals surface area contributed by atoms with E-state index in [4.69, 9.17) is 49.5 Å². The van der Waals surface area contributed by atoms with Crippen molar-refractivity contribution in [2.24, 2.45) is 7.05 Å². The number of methoxy groups -OCH3 is 2. The third kappa shape index (κ3) is 34.4. The molecule has 6 fully saturated rings. The molecule has 0 radical (unpaired) electrons. The van der Waals surface area contributed by atoms with Crippen molar-refractivity contribution < 1.29 is 121 Å². The van der Waals surface area contributed by atoms with E-state index in [9.17, 15) is 108 Å². The molecule has 6 saturated heterocycles. The summed E-state index contributed by atoms with van der Waals surface area (Å²) in [6.07, 6.45) is 22.3. The number of H-pyrrole nitrogens is 2. The predicted molar refractivity (Wildman–Crippen MR) is 559 cm³/mol. The fourth-order valence-corrected chi connectivity index (χ4v) is 21.9. The molecule has 12 heterocycles. The molecule has 0 aromatic carbocycles. The molecule has 12 unspecified atom stereocenters. The second kappa shape index (κ2) is 51.2. The van der Waals surface area contributed by atoms with Crippen LogP contribution in [-0.4, -0.2) is 418 Å². The molecule has 0 aliphatic carbocycles. The molecular formula is C92H144ClFN12O30P6. The smallest absolute Gasteiger partial charge is 0.332 e. The first kappa shape index (κ1) is 121. The van der Waals surface area contributed by atoms with Gasteiger partial charge in [0, 0.05) is 100 Å². The van der Waals surface area contributed by atoms with Crippen molar-refractivity contribution in [1.82, 2.24) is 59.7 Å². The number of rotatable bonds is 32. The molecule has 15 N–H and O–H groups in total. The molecule has 9 aliphatic heterocycles. The highest BCUT2D eigenvalue weighted by atomic mass is 35.5. The lowest BCUT2D eigenvalue weighted by molar-refractivity contribution is -0.139. The van der Waals surface area contributed by atoms with Gasteiger partial charge in [0.2, 0.25) is 5.78 Å². The Bertz CT molecular complexity index is 5820. The largest absolute Gasteiger partial charge is 0.457 e. The van der Waals surface area contributed by atoms with Crippen molar-refractivity contribution >= 4 is 132 Å². The van der Waals surface area contributed by atoms with Gasteiger partial charge in [0.1, 0.15) is 84.3 Å². The van der Waals surface area contributed by atoms with Gasteiger partial charge in [-0.15, -0.1) is 90.7 Å². The topological polar surface area (TPSA) is 582 Å². The van der Waals surface area contributed by atoms with Crippen LogP contribution in [0.1, 0.15) is 98.2 Å². The van der Waals surface area contributed by atoms with Crippen LogP contribution < -0.4 is 60.3 Å². The molecule has 3 aromatic heterocycles. The van der Waals surface area contributed by atoms with Gasteiger partial charge < -0.3 is 115 Å². The Labute approximate surface area is 829 Å². The minimum Gasteiger partial charge on any atom is -0.457 e. The SMILES string of the molecule is C=C1NC(=O)C=CN1C1OC(CCP(=C)(C)C)[C@@H](O)[C@H]1OC.C=C1NC(=O)NC=C1C1OC(CCP(=C)(C)C)[C@@H](O)[C@H]1Cl.C=C1NC(=O)NC=C1C1OC(CCP(=C)(C)C)[C@@H](O)[C@H]1F.C=P(C)(C)CCC1OC(n2cc(C(=O)CC(C)=O)c(=O)[nH]c2=O)[C@H](O)[C@@H]1O.C=P(C)(C)CCC1OC(n2cc(C(=O)COC(C)=O)c(=O)[nH]c2=O)[C@H](O)[C@@H]1O.C=P(C)(C)CCC1OC(n2ccc(=O)n(C)c2=O)[C@H](OC)[C@@H]1O. The molecule has 0 saturated carbocycles. The number of ketones is 3. The number of hydrogen-bond donors (Lipinski definition) is 15. The number of halogens is 2. The van der Waals surface area contributed by atoms with Gasteiger partial charge in [0.25, 0.3) is 22.6 Å². The first-order valence-corrected chi connectivity index (χ1v) is 64.2. The highest BCUT2D eigenvalue weighted by Gasteiger charge is 2.52. The molecule has 42 nitrogen and oxygen atoms in total. The van der Waals surface area contributed by atoms with Crippen LogP contribution in [0.4, 0.5) is 14.0 Å². The third-order valence-corrected chi connectivity index (χ3v) is 33.1. The van der Waals surface area contributed by atoms with E-state index in [1.54, 1.807) is 18.2 Å². The van der Waals surface area contributed by atoms with Crippen LogP contribution in [0.5, 0.6) is 0 Å². The minimum atomic E-state index is -1.54. The highest BCUT2D eigenvalue weighted by molar-refractivity contribution is 7.73. The van der Waals surface area contributed by atoms with Crippen molar-refractivity contribution in [3.63, 3.8) is 0 Å². The molecule has 0 spiro atoms. The maximum Gasteiger partial charge on any atom is 0.332 e. The predicted octanol–water partition coefficient (Wildman–Crippen LogP) is 1.73. The highest BCUT2D eigenvalue weighted by Crippen LogP contribution is 2.46. The summed E-state index contributed by atoms with van der Waals surface area (Å²) >= 11 is 6.30. The summed E-state index contributed by atoms with van der Waals surface area (Å²) in [5.74, 6) is -2.51. The molecule has 0 bridgehead atoms. The molecular weight excluding hydrogens is 1990 g/mol. The number of ether oxygens (including phenoxy) is 9. The van der Waals surface area contributed by atoms with Crippen LogP contribution in [0, 0.1) is 0 Å². The third-order valence-electron chi connectivity index (χ3n) is 23.8. The number of aliphatic hydroxyl groups is 8. The Balaban J connectivity index is 0.000000232. The number of Topliss-reactive ketones (excluding diaryl/α,β-unsaturated/α-hetero) is 3. The number of aromatic nitrogens is 6. The zero-order valence-corrected chi connectivity index (χ0v) is 89.6. The molecule has 24 atom stereocenters. The summed E-state index contributed by atoms with van der Waals surface area (Å²) in [6.45, 7) is 30.5. The van der Waals surface area contributed by atoms with Crippen LogP contribution in [0.15, 0.2) is 126 Å². The number of alkyl halides is 2. The maximum atomic E-state index is 14.3. The van der Waals surface area contributed by atoms with Gasteiger partial charge in [-0.2, -0.15) is 0 Å². The van der Waals surface area contributed by atoms with Crippen molar-refractivity contribution in [2.75, 3.05) is 138 Å². The summed E-state index contributed by atoms with van der Waals surface area (Å²) < 4.78 is 68.4. The summed E-state index contributed by atoms with van der Waals surface area (Å²) in [4.78, 5) is 157. The molecule has 9 aliphatic rings. The second-order valence-corrected chi connectivity index (χ2v) is 66.6. The average molecular weight is 2140 g/mol. The molecule has 142 heavy (non-hydrogen) atoms. The van der Waals surface area contributed by atoms with Crippen molar-refractivity contribution in [3.8, 4) is 0 Å². The average Bonchev–Trinajstić information content (AvgIpc) is 1.62. The number of nitrogens with zero attached hydrogens (tertiary/aromatic N) is 5. The van der Waals surface area contributed by atoms with E-state index in [0.29, 0.717) is 60.2 Å². The molecule has 796 valence electrons. The van der Waals surface area contributed by atoms with Crippen molar-refractivity contribution in [2.45, 2.75) is 205 Å². The normalized spacial score (nSPS) is 29.2. The lowest BCUT2D eigenvalue weighted by Crippen LogP contribution is -2.47. The summed E-state index contributed by atoms with van der Waals surface area (Å²) in [7, 11) is 4.42. The lowest BCUT2D eigenvalue weighted by atomic mass is 10.00. The number of esters is 1. The van der Waals surface area contributed by atoms with Gasteiger partial charge in [-0.3, -0.25) is 66.6 Å². The monoisotopic (exact) mass is 2140 g/mol. The molecule has 3 aromatic rings. The fraction of sp³-hybridized carbons (Fsp3) is 0.598. The van der Waals surface area contributed by atoms with E-state index in [1.807, 2.05) is 36.6 Å². The van der Waals surface area contributed by atoms with Gasteiger partial charge in [-0.1, -0.05) is 19.7 Å². The van der Waals surface area contributed by atoms with Crippen LogP contribution in [0.2, 0.25) is 0 Å². The van der Waals surface area contributed by atoms with Crippen LogP contribution >= 0.6 is 52.9 Å². The molecule has 50 heteroatoms. The Hall–Kier alpha value is -7.85. The number of urea groups is 2. The second-order valence-electron chi connectivity index (χ2n) is 40.2. The standard InChI is InChI=1S/C17H25N2O8P.C17H25N2O7P.C15H25N2O5P.C15H25N2O4P.C14H22ClN2O3P.C14H22FN2O3P/c1-9(20)26-8-11(21)10-7-19(17(25)18-15(10)24)16-14(23)13(22)12(27-16)5-6-28(2,3)4;1-9(20)7-11(21)10-8-19(17(25)18-15(10)24)16-14(23)13(22)12(26-16)5-6-27(2,3)4;1-16-11(18)6-8-17(15(16)20)14-13(21-2)12(19)10(22-14)7-9-23(3,4)5;1-10-16-12(18)6-8-17(10)15-14(20-2)13(19)11(21-15)7-9-22(3,4)5;2*1-8-9(7-16-14(19)17-8)13-11(15)12(18)10(20-13)5-6-21(2,3)4/h7,12-14,16,22-23H,2,5-6,8H2,1,3-4H3,(H,18,24,25);8,12-14,16,22-23H,2,5-7H2,1,3-4H3,(H,18,24,25);6,8,10,12-14,19H,3,7,9H2,1-2,4-5H3;6,8,11,13-15,19H,1,3,7,9H2,2,4-5H3,(H,16,18);2*7,10-13,18H,1-2,5-6H2,3-4H3,(H2,16,17,19)/t2*12?,13-,14-,16?;10?,12-,13-,14?;11?,13-,14-,15?;2*10?,11-,12-,13?/m111111/s1. The Kier molecular flexibility index (Phi) is 43.6. The Morgan fingerprint density at radius 3 is 1.21 bits per heavy atom. The lowest BCUT2D eigenvalue weighted by Gasteiger charge is -2.33. The first-order valence-electron chi connectivity index (χ1n) is 45.4. The number of hydrogen-bond acceptors (Lipinski definition) is 31. The number of aromatic amines is 2.